The van der Waals surface area contributed by atoms with Crippen molar-refractivity contribution in [2.24, 2.45) is 0 Å². The van der Waals surface area contributed by atoms with Crippen molar-refractivity contribution in [2.45, 2.75) is 68.4 Å². The quantitative estimate of drug-likeness (QED) is 0.599. The molecule has 4 heteroatoms. The van der Waals surface area contributed by atoms with Gasteiger partial charge in [-0.05, 0) is 42.0 Å². The molecule has 1 aliphatic rings. The molecule has 1 saturated carbocycles. The first-order valence-electron chi connectivity index (χ1n) is 10.3. The Morgan fingerprint density at radius 1 is 1.00 bits per heavy atom. The summed E-state index contributed by atoms with van der Waals surface area (Å²) in [7, 11) is 1.88. The van der Waals surface area contributed by atoms with Crippen LogP contribution >= 0.6 is 11.8 Å². The highest BCUT2D eigenvalue weighted by atomic mass is 32.2. The molecular formula is C24H32N2OS. The van der Waals surface area contributed by atoms with Crippen LogP contribution in [0.3, 0.4) is 0 Å². The molecule has 2 aromatic carbocycles. The standard InChI is InChI=1S/C24H32N2OS/c1-24(2,3)20-16-11-17-21(28-19-14-9-6-10-15-19)22(20)26(4)23(27)25-18-12-7-5-8-13-18/h5,7-8,11-13,16-17,19H,6,9-10,14-15H2,1-4H3,(H,25,27). The van der Waals surface area contributed by atoms with Crippen LogP contribution in [-0.4, -0.2) is 18.3 Å². The number of rotatable bonds is 4. The number of urea groups is 1. The first kappa shape index (κ1) is 20.8. The van der Waals surface area contributed by atoms with Crippen LogP contribution in [0.5, 0.6) is 0 Å². The van der Waals surface area contributed by atoms with Crippen LogP contribution in [0.2, 0.25) is 0 Å². The third-order valence-electron chi connectivity index (χ3n) is 5.32. The van der Waals surface area contributed by atoms with Crippen molar-refractivity contribution in [3.05, 3.63) is 54.1 Å². The lowest BCUT2D eigenvalue weighted by Gasteiger charge is -2.31. The van der Waals surface area contributed by atoms with Gasteiger partial charge in [0, 0.05) is 22.9 Å². The number of nitrogens with one attached hydrogen (secondary N) is 1. The normalized spacial score (nSPS) is 15.3. The number of carbonyl (C=O) groups excluding carboxylic acids is 1. The van der Waals surface area contributed by atoms with Gasteiger partial charge in [-0.2, -0.15) is 0 Å². The molecule has 2 amide bonds. The Balaban J connectivity index is 1.92. The Morgan fingerprint density at radius 2 is 1.68 bits per heavy atom. The van der Waals surface area contributed by atoms with Gasteiger partial charge in [-0.25, -0.2) is 4.79 Å². The van der Waals surface area contributed by atoms with Gasteiger partial charge < -0.3 is 5.32 Å². The summed E-state index contributed by atoms with van der Waals surface area (Å²) in [6.07, 6.45) is 6.52. The summed E-state index contributed by atoms with van der Waals surface area (Å²) in [4.78, 5) is 16.0. The fraction of sp³-hybridized carbons (Fsp3) is 0.458. The molecule has 0 bridgehead atoms. The molecule has 0 aromatic heterocycles. The monoisotopic (exact) mass is 396 g/mol. The lowest BCUT2D eigenvalue weighted by molar-refractivity contribution is 0.258. The number of benzene rings is 2. The maximum absolute atomic E-state index is 13.0. The predicted molar refractivity (Wildman–Crippen MR) is 122 cm³/mol. The van der Waals surface area contributed by atoms with Gasteiger partial charge in [0.25, 0.3) is 0 Å². The lowest BCUT2D eigenvalue weighted by atomic mass is 9.85. The molecule has 0 spiro atoms. The van der Waals surface area contributed by atoms with Gasteiger partial charge in [0.05, 0.1) is 5.69 Å². The van der Waals surface area contributed by atoms with Gasteiger partial charge in [-0.1, -0.05) is 70.4 Å². The van der Waals surface area contributed by atoms with E-state index in [4.69, 9.17) is 0 Å². The van der Waals surface area contributed by atoms with Gasteiger partial charge in [-0.3, -0.25) is 4.90 Å². The molecule has 0 radical (unpaired) electrons. The maximum Gasteiger partial charge on any atom is 0.326 e. The Bertz CT molecular complexity index is 792. The predicted octanol–water partition coefficient (Wildman–Crippen LogP) is 7.08. The molecule has 150 valence electrons. The van der Waals surface area contributed by atoms with Crippen LogP contribution in [-0.2, 0) is 5.41 Å². The summed E-state index contributed by atoms with van der Waals surface area (Å²) in [6, 6.07) is 16.0. The molecule has 1 fully saturated rings. The molecule has 1 aliphatic carbocycles. The van der Waals surface area contributed by atoms with E-state index in [0.717, 1.165) is 11.4 Å². The molecule has 3 nitrogen and oxygen atoms in total. The summed E-state index contributed by atoms with van der Waals surface area (Å²) in [5.41, 5.74) is 3.02. The van der Waals surface area contributed by atoms with E-state index in [-0.39, 0.29) is 11.4 Å². The molecule has 3 rings (SSSR count). The third-order valence-corrected chi connectivity index (χ3v) is 6.71. The van der Waals surface area contributed by atoms with Crippen molar-refractivity contribution in [1.29, 1.82) is 0 Å². The number of carbonyl (C=O) groups is 1. The van der Waals surface area contributed by atoms with Crippen molar-refractivity contribution in [3.8, 4) is 0 Å². The van der Waals surface area contributed by atoms with E-state index in [1.807, 2.05) is 49.1 Å². The Kier molecular flexibility index (Phi) is 6.71. The molecule has 0 atom stereocenters. The fourth-order valence-corrected chi connectivity index (χ4v) is 5.21. The minimum atomic E-state index is -0.103. The molecule has 0 aliphatic heterocycles. The van der Waals surface area contributed by atoms with Crippen LogP contribution in [0.1, 0.15) is 58.4 Å². The third kappa shape index (κ3) is 5.11. The van der Waals surface area contributed by atoms with Gasteiger partial charge in [0.1, 0.15) is 0 Å². The SMILES string of the molecule is CN(C(=O)Nc1ccccc1)c1c(SC2CCCCC2)cccc1C(C)(C)C. The summed E-state index contributed by atoms with van der Waals surface area (Å²) in [5, 5.41) is 3.67. The van der Waals surface area contributed by atoms with Crippen LogP contribution in [0.15, 0.2) is 53.4 Å². The van der Waals surface area contributed by atoms with Gasteiger partial charge >= 0.3 is 6.03 Å². The number of anilines is 2. The molecule has 0 unspecified atom stereocenters. The van der Waals surface area contributed by atoms with Crippen LogP contribution < -0.4 is 10.2 Å². The first-order valence-corrected chi connectivity index (χ1v) is 11.1. The highest BCUT2D eigenvalue weighted by molar-refractivity contribution is 8.00. The smallest absolute Gasteiger partial charge is 0.308 e. The molecule has 0 heterocycles. The van der Waals surface area contributed by atoms with Gasteiger partial charge in [-0.15, -0.1) is 11.8 Å². The minimum absolute atomic E-state index is 0.0419. The number of para-hydroxylation sites is 2. The first-order chi connectivity index (χ1) is 13.4. The van der Waals surface area contributed by atoms with E-state index < -0.39 is 0 Å². The molecule has 2 aromatic rings. The highest BCUT2D eigenvalue weighted by Gasteiger charge is 2.27. The lowest BCUT2D eigenvalue weighted by Crippen LogP contribution is -2.33. The number of thioether (sulfide) groups is 1. The number of amides is 2. The van der Waals surface area contributed by atoms with Gasteiger partial charge in [0.2, 0.25) is 0 Å². The van der Waals surface area contributed by atoms with Crippen LogP contribution in [0.25, 0.3) is 0 Å². The van der Waals surface area contributed by atoms with E-state index >= 15 is 0 Å². The average molecular weight is 397 g/mol. The maximum atomic E-state index is 13.0. The van der Waals surface area contributed by atoms with E-state index in [9.17, 15) is 4.79 Å². The van der Waals surface area contributed by atoms with E-state index in [0.29, 0.717) is 5.25 Å². The van der Waals surface area contributed by atoms with Crippen molar-refractivity contribution in [1.82, 2.24) is 0 Å². The second-order valence-corrected chi connectivity index (χ2v) is 9.98. The topological polar surface area (TPSA) is 32.3 Å². The van der Waals surface area contributed by atoms with Crippen molar-refractivity contribution in [3.63, 3.8) is 0 Å². The van der Waals surface area contributed by atoms with Crippen molar-refractivity contribution in [2.75, 3.05) is 17.3 Å². The molecule has 0 saturated heterocycles. The summed E-state index contributed by atoms with van der Waals surface area (Å²) >= 11 is 1.95. The Labute approximate surface area is 173 Å². The zero-order valence-corrected chi connectivity index (χ0v) is 18.3. The van der Waals surface area contributed by atoms with E-state index in [1.54, 1.807) is 4.90 Å². The average Bonchev–Trinajstić information content (AvgIpc) is 2.68. The largest absolute Gasteiger partial charge is 0.326 e. The van der Waals surface area contributed by atoms with Crippen LogP contribution in [0, 0.1) is 0 Å². The highest BCUT2D eigenvalue weighted by Crippen LogP contribution is 2.43. The zero-order valence-electron chi connectivity index (χ0n) is 17.5. The number of hydrogen-bond acceptors (Lipinski definition) is 2. The number of hydrogen-bond donors (Lipinski definition) is 1. The van der Waals surface area contributed by atoms with Crippen LogP contribution in [0.4, 0.5) is 16.2 Å². The van der Waals surface area contributed by atoms with E-state index in [2.05, 4.69) is 44.3 Å². The second kappa shape index (κ2) is 9.04. The van der Waals surface area contributed by atoms with Crippen molar-refractivity contribution < 1.29 is 4.79 Å². The molecule has 1 N–H and O–H groups in total. The fourth-order valence-electron chi connectivity index (χ4n) is 3.76. The Hall–Kier alpha value is -1.94. The molecular weight excluding hydrogens is 364 g/mol. The van der Waals surface area contributed by atoms with Crippen molar-refractivity contribution >= 4 is 29.2 Å². The summed E-state index contributed by atoms with van der Waals surface area (Å²) < 4.78 is 0. The zero-order chi connectivity index (χ0) is 20.1. The number of nitrogens with zero attached hydrogens (tertiary/aromatic N) is 1. The molecule has 28 heavy (non-hydrogen) atoms. The summed E-state index contributed by atoms with van der Waals surface area (Å²) in [5.74, 6) is 0. The van der Waals surface area contributed by atoms with E-state index in [1.165, 1.54) is 42.6 Å². The summed E-state index contributed by atoms with van der Waals surface area (Å²) in [6.45, 7) is 6.64. The second-order valence-electron chi connectivity index (χ2n) is 8.64. The van der Waals surface area contributed by atoms with Gasteiger partial charge in [0.15, 0.2) is 0 Å². The Morgan fingerprint density at radius 3 is 2.32 bits per heavy atom. The minimum Gasteiger partial charge on any atom is -0.308 e.